The molecule has 0 unspecified atom stereocenters. The van der Waals surface area contributed by atoms with E-state index in [0.29, 0.717) is 16.5 Å². The van der Waals surface area contributed by atoms with E-state index in [1.807, 2.05) is 39.8 Å². The van der Waals surface area contributed by atoms with Crippen LogP contribution >= 0.6 is 35.0 Å². The second kappa shape index (κ2) is 12.0. The maximum atomic E-state index is 13.3. The van der Waals surface area contributed by atoms with E-state index in [0.717, 1.165) is 11.3 Å². The van der Waals surface area contributed by atoms with Gasteiger partial charge in [-0.3, -0.25) is 9.59 Å². The topological polar surface area (TPSA) is 49.4 Å². The molecule has 4 nitrogen and oxygen atoms in total. The van der Waals surface area contributed by atoms with Crippen molar-refractivity contribution in [1.29, 1.82) is 0 Å². The fourth-order valence-corrected chi connectivity index (χ4v) is 4.76. The lowest BCUT2D eigenvalue weighted by molar-refractivity contribution is -0.140. The van der Waals surface area contributed by atoms with Crippen LogP contribution in [0.15, 0.2) is 42.5 Å². The van der Waals surface area contributed by atoms with E-state index in [1.54, 1.807) is 34.9 Å². The lowest BCUT2D eigenvalue weighted by Gasteiger charge is -2.33. The summed E-state index contributed by atoms with van der Waals surface area (Å²) in [5.41, 5.74) is 2.77. The van der Waals surface area contributed by atoms with Crippen LogP contribution in [0.1, 0.15) is 50.8 Å². The van der Waals surface area contributed by atoms with Gasteiger partial charge in [0.15, 0.2) is 0 Å². The van der Waals surface area contributed by atoms with Crippen LogP contribution in [0, 0.1) is 6.92 Å². The maximum Gasteiger partial charge on any atom is 0.243 e. The van der Waals surface area contributed by atoms with Gasteiger partial charge < -0.3 is 10.2 Å². The number of benzene rings is 2. The summed E-state index contributed by atoms with van der Waals surface area (Å²) in [6.45, 7) is 10.0. The Bertz CT molecular complexity index is 944. The van der Waals surface area contributed by atoms with E-state index in [9.17, 15) is 9.59 Å². The van der Waals surface area contributed by atoms with Gasteiger partial charge in [0.05, 0.1) is 5.75 Å². The summed E-state index contributed by atoms with van der Waals surface area (Å²) in [5.74, 6) is 0.755. The molecule has 32 heavy (non-hydrogen) atoms. The third kappa shape index (κ3) is 8.02. The van der Waals surface area contributed by atoms with E-state index in [2.05, 4.69) is 24.4 Å². The summed E-state index contributed by atoms with van der Waals surface area (Å²) in [4.78, 5) is 28.0. The molecule has 0 radical (unpaired) electrons. The highest BCUT2D eigenvalue weighted by Crippen LogP contribution is 2.25. The van der Waals surface area contributed by atoms with Crippen molar-refractivity contribution in [2.45, 2.75) is 64.9 Å². The first-order chi connectivity index (χ1) is 15.0. The smallest absolute Gasteiger partial charge is 0.243 e. The van der Waals surface area contributed by atoms with Gasteiger partial charge in [-0.05, 0) is 62.9 Å². The van der Waals surface area contributed by atoms with Gasteiger partial charge in [-0.25, -0.2) is 0 Å². The molecule has 0 heterocycles. The first-order valence-corrected chi connectivity index (χ1v) is 12.6. The van der Waals surface area contributed by atoms with Crippen LogP contribution in [0.3, 0.4) is 0 Å². The number of hydrogen-bond acceptors (Lipinski definition) is 3. The lowest BCUT2D eigenvalue weighted by Crippen LogP contribution is -2.53. The molecule has 7 heteroatoms. The number of aryl methyl sites for hydroxylation is 1. The van der Waals surface area contributed by atoms with Gasteiger partial charge in [-0.2, -0.15) is 0 Å². The molecule has 0 saturated heterocycles. The van der Waals surface area contributed by atoms with Crippen LogP contribution in [-0.4, -0.2) is 34.0 Å². The first-order valence-electron chi connectivity index (χ1n) is 10.7. The normalized spacial score (nSPS) is 12.3. The average Bonchev–Trinajstić information content (AvgIpc) is 2.69. The summed E-state index contributed by atoms with van der Waals surface area (Å²) < 4.78 is 0. The molecule has 174 valence electrons. The molecule has 0 aliphatic heterocycles. The van der Waals surface area contributed by atoms with Gasteiger partial charge >= 0.3 is 0 Å². The van der Waals surface area contributed by atoms with E-state index in [4.69, 9.17) is 23.2 Å². The van der Waals surface area contributed by atoms with Gasteiger partial charge in [-0.15, -0.1) is 11.8 Å². The Hall–Kier alpha value is -1.69. The Balaban J connectivity index is 2.22. The summed E-state index contributed by atoms with van der Waals surface area (Å²) >= 11 is 14.0. The summed E-state index contributed by atoms with van der Waals surface area (Å²) in [6, 6.07) is 12.8. The van der Waals surface area contributed by atoms with Crippen molar-refractivity contribution in [2.24, 2.45) is 0 Å². The molecule has 0 saturated carbocycles. The zero-order chi connectivity index (χ0) is 23.9. The lowest BCUT2D eigenvalue weighted by atomic mass is 10.1. The van der Waals surface area contributed by atoms with Gasteiger partial charge in [0.25, 0.3) is 0 Å². The number of rotatable bonds is 9. The number of carbonyl (C=O) groups excluding carboxylic acids is 2. The van der Waals surface area contributed by atoms with Gasteiger partial charge in [0, 0.05) is 27.9 Å². The van der Waals surface area contributed by atoms with E-state index in [-0.39, 0.29) is 24.1 Å². The zero-order valence-electron chi connectivity index (χ0n) is 19.4. The van der Waals surface area contributed by atoms with Gasteiger partial charge in [-0.1, -0.05) is 60.5 Å². The van der Waals surface area contributed by atoms with E-state index >= 15 is 0 Å². The minimum atomic E-state index is -0.590. The number of thioether (sulfide) groups is 1. The molecule has 2 aromatic rings. The molecule has 1 atom stereocenters. The van der Waals surface area contributed by atoms with Gasteiger partial charge in [0.2, 0.25) is 11.8 Å². The maximum absolute atomic E-state index is 13.3. The number of nitrogens with zero attached hydrogens (tertiary/aromatic N) is 1. The number of hydrogen-bond donors (Lipinski definition) is 1. The molecule has 0 aliphatic rings. The van der Waals surface area contributed by atoms with Crippen LogP contribution in [0.4, 0.5) is 0 Å². The van der Waals surface area contributed by atoms with Crippen molar-refractivity contribution in [3.63, 3.8) is 0 Å². The highest BCUT2D eigenvalue weighted by molar-refractivity contribution is 7.99. The highest BCUT2D eigenvalue weighted by atomic mass is 35.5. The van der Waals surface area contributed by atoms with Crippen molar-refractivity contribution < 1.29 is 9.59 Å². The second-order valence-corrected chi connectivity index (χ2v) is 10.7. The van der Waals surface area contributed by atoms with Gasteiger partial charge in [0.1, 0.15) is 6.04 Å². The minimum absolute atomic E-state index is 0.0921. The quantitative estimate of drug-likeness (QED) is 0.447. The molecule has 2 aromatic carbocycles. The fourth-order valence-electron chi connectivity index (χ4n) is 3.31. The SMILES string of the molecule is CC[C@H](C(=O)NC(C)(C)C)N(Cc1ccc(Cl)cc1Cl)C(=O)CSCc1ccccc1C. The number of carbonyl (C=O) groups is 2. The van der Waals surface area contributed by atoms with Crippen LogP contribution in [0.25, 0.3) is 0 Å². The van der Waals surface area contributed by atoms with Crippen LogP contribution in [0.5, 0.6) is 0 Å². The summed E-state index contributed by atoms with van der Waals surface area (Å²) in [6.07, 6.45) is 0.501. The molecule has 1 N–H and O–H groups in total. The molecule has 0 aromatic heterocycles. The Morgan fingerprint density at radius 2 is 1.78 bits per heavy atom. The molecule has 0 fully saturated rings. The Morgan fingerprint density at radius 1 is 1.09 bits per heavy atom. The number of amides is 2. The number of halogens is 2. The molecule has 0 bridgehead atoms. The predicted molar refractivity (Wildman–Crippen MR) is 136 cm³/mol. The standard InChI is InChI=1S/C25H32Cl2N2O2S/c1-6-22(24(31)28-25(3,4)5)29(14-18-11-12-20(26)13-21(18)27)23(30)16-32-15-19-10-8-7-9-17(19)2/h7-13,22H,6,14-16H2,1-5H3,(H,28,31)/t22-/m1/s1. The minimum Gasteiger partial charge on any atom is -0.350 e. The fraction of sp³-hybridized carbons (Fsp3) is 0.440. The molecule has 0 aliphatic carbocycles. The molecular weight excluding hydrogens is 463 g/mol. The zero-order valence-corrected chi connectivity index (χ0v) is 21.7. The molecule has 0 spiro atoms. The van der Waals surface area contributed by atoms with Crippen LogP contribution < -0.4 is 5.32 Å². The Labute approximate surface area is 206 Å². The third-order valence-electron chi connectivity index (χ3n) is 4.98. The van der Waals surface area contributed by atoms with Crippen LogP contribution in [0.2, 0.25) is 10.0 Å². The van der Waals surface area contributed by atoms with E-state index < -0.39 is 11.6 Å². The Kier molecular flexibility index (Phi) is 9.93. The van der Waals surface area contributed by atoms with Crippen LogP contribution in [-0.2, 0) is 21.9 Å². The summed E-state index contributed by atoms with van der Waals surface area (Å²) in [7, 11) is 0. The Morgan fingerprint density at radius 3 is 2.38 bits per heavy atom. The monoisotopic (exact) mass is 494 g/mol. The largest absolute Gasteiger partial charge is 0.350 e. The molecule has 2 rings (SSSR count). The van der Waals surface area contributed by atoms with E-state index in [1.165, 1.54) is 11.1 Å². The second-order valence-electron chi connectivity index (χ2n) is 8.84. The third-order valence-corrected chi connectivity index (χ3v) is 6.54. The van der Waals surface area contributed by atoms with Crippen molar-refractivity contribution >= 4 is 46.8 Å². The summed E-state index contributed by atoms with van der Waals surface area (Å²) in [5, 5.41) is 4.02. The van der Waals surface area contributed by atoms with Crippen molar-refractivity contribution in [3.05, 3.63) is 69.2 Å². The predicted octanol–water partition coefficient (Wildman–Crippen LogP) is 6.26. The molecular formula is C25H32Cl2N2O2S. The highest BCUT2D eigenvalue weighted by Gasteiger charge is 2.30. The first kappa shape index (κ1) is 26.6. The molecule has 2 amide bonds. The average molecular weight is 496 g/mol. The van der Waals surface area contributed by atoms with Crippen molar-refractivity contribution in [3.8, 4) is 0 Å². The number of nitrogens with one attached hydrogen (secondary N) is 1. The van der Waals surface area contributed by atoms with Crippen molar-refractivity contribution in [1.82, 2.24) is 10.2 Å². The van der Waals surface area contributed by atoms with Crippen molar-refractivity contribution in [2.75, 3.05) is 5.75 Å².